The van der Waals surface area contributed by atoms with E-state index in [1.807, 2.05) is 12.1 Å². The molecule has 2 fully saturated rings. The number of imide groups is 1. The van der Waals surface area contributed by atoms with Crippen molar-refractivity contribution < 1.29 is 19.1 Å². The fraction of sp³-hybridized carbons (Fsp3) is 0.471. The highest BCUT2D eigenvalue weighted by atomic mass is 16.5. The zero-order chi connectivity index (χ0) is 16.5. The molecule has 0 aliphatic carbocycles. The number of hydrogen-bond donors (Lipinski definition) is 2. The number of amides is 3. The van der Waals surface area contributed by atoms with Crippen LogP contribution in [0.1, 0.15) is 34.3 Å². The van der Waals surface area contributed by atoms with E-state index in [-0.39, 0.29) is 29.7 Å². The van der Waals surface area contributed by atoms with Gasteiger partial charge in [-0.1, -0.05) is 0 Å². The summed E-state index contributed by atoms with van der Waals surface area (Å²) in [5.74, 6) is -0.0183. The maximum Gasteiger partial charge on any atom is 0.255 e. The van der Waals surface area contributed by atoms with Crippen LogP contribution >= 0.6 is 0 Å². The first kappa shape index (κ1) is 14.0. The Balaban J connectivity index is 1.43. The summed E-state index contributed by atoms with van der Waals surface area (Å²) >= 11 is 0. The second-order valence-corrected chi connectivity index (χ2v) is 7.08. The summed E-state index contributed by atoms with van der Waals surface area (Å²) in [4.78, 5) is 37.7. The summed E-state index contributed by atoms with van der Waals surface area (Å²) in [5, 5.41) is 5.55. The Bertz CT molecular complexity index is 799. The van der Waals surface area contributed by atoms with E-state index in [9.17, 15) is 14.4 Å². The molecule has 24 heavy (non-hydrogen) atoms. The normalized spacial score (nSPS) is 26.8. The molecule has 5 rings (SSSR count). The molecule has 0 radical (unpaired) electrons. The standard InChI is InChI=1S/C17H17N3O4/c21-14-2-1-12(15(22)19-14)20-6-10-3-9-5-17(7-18-8-17)24-13(9)4-11(10)16(20)23/h3-4,12,18H,1-2,5-8H2,(H,19,21,22). The molecule has 2 saturated heterocycles. The number of ether oxygens (including phenoxy) is 1. The summed E-state index contributed by atoms with van der Waals surface area (Å²) in [6.45, 7) is 2.09. The Morgan fingerprint density at radius 3 is 2.71 bits per heavy atom. The van der Waals surface area contributed by atoms with Gasteiger partial charge < -0.3 is 15.0 Å². The van der Waals surface area contributed by atoms with E-state index in [0.717, 1.165) is 36.4 Å². The second kappa shape index (κ2) is 4.57. The van der Waals surface area contributed by atoms with Crippen LogP contribution in [0.25, 0.3) is 0 Å². The molecule has 1 aromatic carbocycles. The first-order valence-electron chi connectivity index (χ1n) is 8.25. The van der Waals surface area contributed by atoms with E-state index in [1.54, 1.807) is 4.90 Å². The second-order valence-electron chi connectivity index (χ2n) is 7.08. The molecule has 0 aromatic heterocycles. The van der Waals surface area contributed by atoms with Crippen LogP contribution in [0.3, 0.4) is 0 Å². The molecular formula is C17H17N3O4. The van der Waals surface area contributed by atoms with Gasteiger partial charge >= 0.3 is 0 Å². The third-order valence-electron chi connectivity index (χ3n) is 5.44. The van der Waals surface area contributed by atoms with Crippen LogP contribution in [0.2, 0.25) is 0 Å². The van der Waals surface area contributed by atoms with Crippen molar-refractivity contribution in [3.05, 3.63) is 28.8 Å². The topological polar surface area (TPSA) is 87.7 Å². The van der Waals surface area contributed by atoms with Gasteiger partial charge in [-0.25, -0.2) is 0 Å². The van der Waals surface area contributed by atoms with E-state index < -0.39 is 6.04 Å². The zero-order valence-corrected chi connectivity index (χ0v) is 13.1. The molecule has 7 nitrogen and oxygen atoms in total. The molecule has 7 heteroatoms. The van der Waals surface area contributed by atoms with Crippen LogP contribution in [0.4, 0.5) is 0 Å². The number of benzene rings is 1. The lowest BCUT2D eigenvalue weighted by molar-refractivity contribution is -0.136. The highest BCUT2D eigenvalue weighted by Crippen LogP contribution is 2.41. The van der Waals surface area contributed by atoms with Crippen molar-refractivity contribution in [1.29, 1.82) is 0 Å². The van der Waals surface area contributed by atoms with E-state index in [4.69, 9.17) is 4.74 Å². The Hall–Kier alpha value is -2.41. The molecule has 124 valence electrons. The SMILES string of the molecule is O=C1CCC(N2Cc3cc4c(cc3C2=O)OC2(CNC2)C4)C(=O)N1. The van der Waals surface area contributed by atoms with Crippen LogP contribution in [0, 0.1) is 0 Å². The molecule has 1 atom stereocenters. The van der Waals surface area contributed by atoms with Crippen molar-refractivity contribution in [2.24, 2.45) is 0 Å². The monoisotopic (exact) mass is 327 g/mol. The number of piperidine rings is 1. The van der Waals surface area contributed by atoms with E-state index >= 15 is 0 Å². The number of carbonyl (C=O) groups excluding carboxylic acids is 3. The molecule has 4 aliphatic rings. The third-order valence-corrected chi connectivity index (χ3v) is 5.44. The number of nitrogens with one attached hydrogen (secondary N) is 2. The van der Waals surface area contributed by atoms with Gasteiger partial charge in [0.05, 0.1) is 0 Å². The minimum Gasteiger partial charge on any atom is -0.484 e. The molecule has 0 bridgehead atoms. The van der Waals surface area contributed by atoms with Gasteiger partial charge in [0.1, 0.15) is 17.4 Å². The maximum absolute atomic E-state index is 12.8. The molecular weight excluding hydrogens is 310 g/mol. The highest BCUT2D eigenvalue weighted by molar-refractivity contribution is 6.05. The Morgan fingerprint density at radius 1 is 1.17 bits per heavy atom. The summed E-state index contributed by atoms with van der Waals surface area (Å²) in [6, 6.07) is 3.30. The van der Waals surface area contributed by atoms with Gasteiger partial charge in [-0.15, -0.1) is 0 Å². The predicted octanol–water partition coefficient (Wildman–Crippen LogP) is -0.275. The minimum atomic E-state index is -0.569. The van der Waals surface area contributed by atoms with E-state index in [1.165, 1.54) is 0 Å². The van der Waals surface area contributed by atoms with Crippen LogP contribution in [-0.4, -0.2) is 47.4 Å². The smallest absolute Gasteiger partial charge is 0.255 e. The average molecular weight is 327 g/mol. The van der Waals surface area contributed by atoms with Crippen LogP contribution in [0.5, 0.6) is 5.75 Å². The first-order valence-corrected chi connectivity index (χ1v) is 8.25. The Morgan fingerprint density at radius 2 is 2.00 bits per heavy atom. The molecule has 2 N–H and O–H groups in total. The van der Waals surface area contributed by atoms with E-state index in [2.05, 4.69) is 10.6 Å². The van der Waals surface area contributed by atoms with Crippen molar-refractivity contribution in [1.82, 2.24) is 15.5 Å². The Labute approximate surface area is 138 Å². The van der Waals surface area contributed by atoms with Gasteiger partial charge in [0.15, 0.2) is 0 Å². The van der Waals surface area contributed by atoms with Crippen molar-refractivity contribution in [2.45, 2.75) is 37.5 Å². The number of fused-ring (bicyclic) bond motifs is 2. The van der Waals surface area contributed by atoms with Gasteiger partial charge in [-0.3, -0.25) is 19.7 Å². The summed E-state index contributed by atoms with van der Waals surface area (Å²) in [5.41, 5.74) is 2.55. The first-order chi connectivity index (χ1) is 11.5. The van der Waals surface area contributed by atoms with Crippen molar-refractivity contribution in [3.8, 4) is 5.75 Å². The average Bonchev–Trinajstić information content (AvgIpc) is 3.04. The minimum absolute atomic E-state index is 0.135. The molecule has 1 unspecified atom stereocenters. The van der Waals surface area contributed by atoms with Gasteiger partial charge in [0, 0.05) is 38.0 Å². The highest BCUT2D eigenvalue weighted by Gasteiger charge is 2.46. The number of carbonyl (C=O) groups is 3. The van der Waals surface area contributed by atoms with Crippen LogP contribution in [0.15, 0.2) is 12.1 Å². The zero-order valence-electron chi connectivity index (χ0n) is 13.1. The number of hydrogen-bond acceptors (Lipinski definition) is 5. The Kier molecular flexibility index (Phi) is 2.66. The molecule has 0 saturated carbocycles. The molecule has 1 aromatic rings. The lowest BCUT2D eigenvalue weighted by Crippen LogP contribution is -2.62. The summed E-state index contributed by atoms with van der Waals surface area (Å²) in [6.07, 6.45) is 1.51. The van der Waals surface area contributed by atoms with E-state index in [0.29, 0.717) is 18.5 Å². The van der Waals surface area contributed by atoms with Crippen molar-refractivity contribution in [2.75, 3.05) is 13.1 Å². The fourth-order valence-corrected chi connectivity index (χ4v) is 4.10. The molecule has 1 spiro atoms. The fourth-order valence-electron chi connectivity index (χ4n) is 4.10. The largest absolute Gasteiger partial charge is 0.484 e. The molecule has 4 aliphatic heterocycles. The third kappa shape index (κ3) is 1.84. The molecule has 3 amide bonds. The molecule has 4 heterocycles. The maximum atomic E-state index is 12.8. The number of nitrogens with zero attached hydrogens (tertiary/aromatic N) is 1. The van der Waals surface area contributed by atoms with Gasteiger partial charge in [-0.2, -0.15) is 0 Å². The summed E-state index contributed by atoms with van der Waals surface area (Å²) < 4.78 is 6.06. The van der Waals surface area contributed by atoms with Crippen molar-refractivity contribution in [3.63, 3.8) is 0 Å². The lowest BCUT2D eigenvalue weighted by Gasteiger charge is -2.38. The number of rotatable bonds is 1. The van der Waals surface area contributed by atoms with Gasteiger partial charge in [0.2, 0.25) is 11.8 Å². The van der Waals surface area contributed by atoms with Crippen LogP contribution < -0.4 is 15.4 Å². The lowest BCUT2D eigenvalue weighted by atomic mass is 9.91. The van der Waals surface area contributed by atoms with Gasteiger partial charge in [0.25, 0.3) is 5.91 Å². The predicted molar refractivity (Wildman–Crippen MR) is 82.4 cm³/mol. The quantitative estimate of drug-likeness (QED) is 0.693. The van der Waals surface area contributed by atoms with Crippen LogP contribution in [-0.2, 0) is 22.6 Å². The van der Waals surface area contributed by atoms with Crippen molar-refractivity contribution >= 4 is 17.7 Å². The summed E-state index contributed by atoms with van der Waals surface area (Å²) in [7, 11) is 0. The van der Waals surface area contributed by atoms with Gasteiger partial charge in [-0.05, 0) is 29.7 Å².